The number of aromatic nitrogens is 3. The van der Waals surface area contributed by atoms with Crippen LogP contribution in [0.5, 0.6) is 0 Å². The third-order valence-corrected chi connectivity index (χ3v) is 4.54. The molecule has 3 rings (SSSR count). The molecule has 1 aliphatic carbocycles. The normalized spacial score (nSPS) is 19.3. The van der Waals surface area contributed by atoms with Gasteiger partial charge in [0.1, 0.15) is 16.7 Å². The number of nitrogen functional groups attached to an aromatic ring is 1. The van der Waals surface area contributed by atoms with Gasteiger partial charge in [-0.25, -0.2) is 4.98 Å². The Morgan fingerprint density at radius 3 is 2.78 bits per heavy atom. The minimum atomic E-state index is -0.0720. The van der Waals surface area contributed by atoms with Crippen LogP contribution in [-0.4, -0.2) is 50.0 Å². The van der Waals surface area contributed by atoms with E-state index in [9.17, 15) is 10.2 Å². The lowest BCUT2D eigenvalue weighted by atomic mass is 10.1. The molecule has 1 fully saturated rings. The minimum Gasteiger partial charge on any atom is -0.507 e. The van der Waals surface area contributed by atoms with Gasteiger partial charge in [-0.2, -0.15) is 4.98 Å². The summed E-state index contributed by atoms with van der Waals surface area (Å²) in [6.45, 7) is 0.171. The predicted molar refractivity (Wildman–Crippen MR) is 106 cm³/mol. The van der Waals surface area contributed by atoms with Gasteiger partial charge in [0.2, 0.25) is 5.95 Å². The second-order valence-corrected chi connectivity index (χ2v) is 6.47. The number of aliphatic hydroxyl groups is 3. The monoisotopic (exact) mass is 393 g/mol. The summed E-state index contributed by atoms with van der Waals surface area (Å²) in [7, 11) is 1.00. The molecule has 1 aliphatic rings. The van der Waals surface area contributed by atoms with E-state index in [1.165, 1.54) is 0 Å². The van der Waals surface area contributed by atoms with Crippen LogP contribution in [-0.2, 0) is 0 Å². The maximum atomic E-state index is 10.5. The van der Waals surface area contributed by atoms with Gasteiger partial charge in [0, 0.05) is 32.2 Å². The number of anilines is 2. The van der Waals surface area contributed by atoms with Gasteiger partial charge < -0.3 is 26.4 Å². The summed E-state index contributed by atoms with van der Waals surface area (Å²) in [5.74, 6) is 0.619. The predicted octanol–water partition coefficient (Wildman–Crippen LogP) is 2.34. The largest absolute Gasteiger partial charge is 0.507 e. The molecule has 0 aliphatic heterocycles. The van der Waals surface area contributed by atoms with E-state index >= 15 is 0 Å². The number of aliphatic hydroxyl groups excluding tert-OH is 3. The summed E-state index contributed by atoms with van der Waals surface area (Å²) in [5.41, 5.74) is 6.73. The molecule has 1 saturated carbocycles. The second-order valence-electron chi connectivity index (χ2n) is 6.12. The van der Waals surface area contributed by atoms with Crippen molar-refractivity contribution >= 4 is 35.2 Å². The molecule has 0 aromatic carbocycles. The average molecular weight is 394 g/mol. The van der Waals surface area contributed by atoms with Gasteiger partial charge in [0.25, 0.3) is 0 Å². The summed E-state index contributed by atoms with van der Waals surface area (Å²) < 4.78 is 0. The van der Waals surface area contributed by atoms with Crippen molar-refractivity contribution < 1.29 is 15.3 Å². The molecule has 2 aromatic heterocycles. The lowest BCUT2D eigenvalue weighted by Crippen LogP contribution is -2.19. The van der Waals surface area contributed by atoms with Crippen LogP contribution >= 0.6 is 11.6 Å². The van der Waals surface area contributed by atoms with Crippen LogP contribution in [0.2, 0.25) is 5.15 Å². The van der Waals surface area contributed by atoms with Gasteiger partial charge >= 0.3 is 0 Å². The highest BCUT2D eigenvalue weighted by atomic mass is 35.5. The summed E-state index contributed by atoms with van der Waals surface area (Å²) in [6, 6.07) is 3.71. The molecule has 0 radical (unpaired) electrons. The number of nitrogens with zero attached hydrogens (tertiary/aromatic N) is 3. The molecule has 0 saturated heterocycles. The molecule has 2 aromatic rings. The highest BCUT2D eigenvalue weighted by Crippen LogP contribution is 2.33. The number of hydrogen-bond donors (Lipinski definition) is 5. The van der Waals surface area contributed by atoms with Gasteiger partial charge in [-0.15, -0.1) is 0 Å². The van der Waals surface area contributed by atoms with Gasteiger partial charge in [-0.3, -0.25) is 4.98 Å². The Hall–Kier alpha value is -2.42. The summed E-state index contributed by atoms with van der Waals surface area (Å²) in [6.07, 6.45) is 7.49. The Bertz CT molecular complexity index is 773. The number of hydrogen-bond acceptors (Lipinski definition) is 8. The zero-order valence-corrected chi connectivity index (χ0v) is 15.8. The van der Waals surface area contributed by atoms with Crippen LogP contribution in [0.4, 0.5) is 11.8 Å². The van der Waals surface area contributed by atoms with Crippen molar-refractivity contribution in [3.63, 3.8) is 0 Å². The first-order valence-electron chi connectivity index (χ1n) is 8.53. The fraction of sp³-hybridized carbons (Fsp3) is 0.389. The van der Waals surface area contributed by atoms with E-state index in [4.69, 9.17) is 22.4 Å². The molecule has 0 amide bonds. The highest BCUT2D eigenvalue weighted by Gasteiger charge is 2.26. The lowest BCUT2D eigenvalue weighted by molar-refractivity contribution is 0.229. The van der Waals surface area contributed by atoms with E-state index in [1.54, 1.807) is 24.5 Å². The Balaban J connectivity index is 0.00000126. The van der Waals surface area contributed by atoms with E-state index in [1.807, 2.05) is 6.07 Å². The molecule has 0 bridgehead atoms. The number of halogens is 1. The maximum absolute atomic E-state index is 10.5. The third kappa shape index (κ3) is 5.53. The summed E-state index contributed by atoms with van der Waals surface area (Å²) in [4.78, 5) is 12.2. The third-order valence-electron chi connectivity index (χ3n) is 4.27. The van der Waals surface area contributed by atoms with E-state index in [-0.39, 0.29) is 35.4 Å². The molecule has 0 spiro atoms. The molecular weight excluding hydrogens is 370 g/mol. The highest BCUT2D eigenvalue weighted by molar-refractivity contribution is 6.31. The Morgan fingerprint density at radius 1 is 1.37 bits per heavy atom. The van der Waals surface area contributed by atoms with Crippen LogP contribution in [0.25, 0.3) is 11.8 Å². The van der Waals surface area contributed by atoms with Crippen LogP contribution < -0.4 is 11.1 Å². The topological polar surface area (TPSA) is 137 Å². The van der Waals surface area contributed by atoms with Gasteiger partial charge in [-0.05, 0) is 42.9 Å². The van der Waals surface area contributed by atoms with Crippen molar-refractivity contribution in [2.45, 2.75) is 25.3 Å². The first-order chi connectivity index (χ1) is 13.1. The fourth-order valence-corrected chi connectivity index (χ4v) is 3.31. The first-order valence-corrected chi connectivity index (χ1v) is 8.90. The second kappa shape index (κ2) is 10.1. The van der Waals surface area contributed by atoms with Crippen molar-refractivity contribution in [1.82, 2.24) is 15.0 Å². The quantitative estimate of drug-likeness (QED) is 0.385. The molecule has 2 unspecified atom stereocenters. The molecule has 2 heterocycles. The van der Waals surface area contributed by atoms with E-state index < -0.39 is 0 Å². The molecule has 9 heteroatoms. The molecule has 6 N–H and O–H groups in total. The standard InChI is InChI=1S/C17H20ClN5O2.CH4O/c18-15-14(13(25)7-10-2-1-5-20-8-10)16(23-17(19)22-15)21-12-4-3-11(6-12)9-24;1-2/h1-2,5,7-8,11-12,24-25H,3-4,6,9H2,(H3,19,21,22,23);2H,1H3/b13-7-;. The van der Waals surface area contributed by atoms with Crippen LogP contribution in [0, 0.1) is 5.92 Å². The van der Waals surface area contributed by atoms with Crippen LogP contribution in [0.3, 0.4) is 0 Å². The minimum absolute atomic E-state index is 0.0298. The lowest BCUT2D eigenvalue weighted by Gasteiger charge is -2.17. The van der Waals surface area contributed by atoms with Crippen LogP contribution in [0.1, 0.15) is 30.4 Å². The van der Waals surface area contributed by atoms with Crippen LogP contribution in [0.15, 0.2) is 24.5 Å². The number of rotatable bonds is 5. The van der Waals surface area contributed by atoms with Crippen molar-refractivity contribution in [3.8, 4) is 0 Å². The summed E-state index contributed by atoms with van der Waals surface area (Å²) >= 11 is 6.21. The van der Waals surface area contributed by atoms with E-state index in [2.05, 4.69) is 20.3 Å². The summed E-state index contributed by atoms with van der Waals surface area (Å²) in [5, 5.41) is 30.2. The van der Waals surface area contributed by atoms with Gasteiger partial charge in [-0.1, -0.05) is 17.7 Å². The average Bonchev–Trinajstić information content (AvgIpc) is 3.11. The van der Waals surface area contributed by atoms with Crippen molar-refractivity contribution in [2.75, 3.05) is 24.8 Å². The number of pyridine rings is 1. The van der Waals surface area contributed by atoms with E-state index in [0.29, 0.717) is 11.4 Å². The number of nitrogens with one attached hydrogen (secondary N) is 1. The van der Waals surface area contributed by atoms with Crippen molar-refractivity contribution in [2.24, 2.45) is 5.92 Å². The Kier molecular flexibility index (Phi) is 7.78. The van der Waals surface area contributed by atoms with Gasteiger partial charge in [0.05, 0.1) is 5.56 Å². The Morgan fingerprint density at radius 2 is 2.15 bits per heavy atom. The molecule has 146 valence electrons. The zero-order valence-electron chi connectivity index (χ0n) is 15.0. The zero-order chi connectivity index (χ0) is 19.8. The van der Waals surface area contributed by atoms with Crippen molar-refractivity contribution in [3.05, 3.63) is 40.8 Å². The molecular formula is C18H24ClN5O3. The Labute approximate surface area is 162 Å². The maximum Gasteiger partial charge on any atom is 0.223 e. The fourth-order valence-electron chi connectivity index (χ4n) is 3.04. The molecule has 27 heavy (non-hydrogen) atoms. The SMILES string of the molecule is CO.Nc1nc(Cl)c(/C(O)=C/c2cccnc2)c(NC2CCC(CO)C2)n1. The smallest absolute Gasteiger partial charge is 0.223 e. The number of nitrogens with two attached hydrogens (primary N) is 1. The molecule has 2 atom stereocenters. The first kappa shape index (κ1) is 20.9. The molecule has 8 nitrogen and oxygen atoms in total. The van der Waals surface area contributed by atoms with E-state index in [0.717, 1.165) is 31.9 Å². The van der Waals surface area contributed by atoms with Crippen molar-refractivity contribution in [1.29, 1.82) is 0 Å². The van der Waals surface area contributed by atoms with Gasteiger partial charge in [0.15, 0.2) is 0 Å².